The Morgan fingerprint density at radius 2 is 1.95 bits per heavy atom. The largest absolute Gasteiger partial charge is 0.381 e. The summed E-state index contributed by atoms with van der Waals surface area (Å²) in [5.74, 6) is 2.03. The van der Waals surface area contributed by atoms with Gasteiger partial charge < -0.3 is 30.9 Å². The maximum absolute atomic E-state index is 12.8. The number of nitrogens with two attached hydrogens (primary N) is 1. The first-order chi connectivity index (χ1) is 20.2. The van der Waals surface area contributed by atoms with E-state index in [0.717, 1.165) is 89.1 Å². The van der Waals surface area contributed by atoms with Gasteiger partial charge >= 0.3 is 6.03 Å². The van der Waals surface area contributed by atoms with Crippen LogP contribution in [0.5, 0.6) is 0 Å². The Balaban J connectivity index is 1.22. The van der Waals surface area contributed by atoms with Gasteiger partial charge in [0.1, 0.15) is 0 Å². The molecule has 230 valence electrons. The molecule has 12 heteroatoms. The lowest BCUT2D eigenvalue weighted by Crippen LogP contribution is -2.68. The van der Waals surface area contributed by atoms with Crippen molar-refractivity contribution in [1.29, 1.82) is 0 Å². The van der Waals surface area contributed by atoms with E-state index in [1.807, 2.05) is 15.6 Å². The van der Waals surface area contributed by atoms with Crippen molar-refractivity contribution < 1.29 is 9.53 Å². The first-order valence-corrected chi connectivity index (χ1v) is 15.7. The van der Waals surface area contributed by atoms with Gasteiger partial charge in [-0.25, -0.2) is 4.79 Å². The summed E-state index contributed by atoms with van der Waals surface area (Å²) in [6.07, 6.45) is 12.0. The Bertz CT molecular complexity index is 1280. The number of nitrogens with zero attached hydrogens (tertiary/aromatic N) is 7. The third kappa shape index (κ3) is 5.68. The van der Waals surface area contributed by atoms with E-state index in [0.29, 0.717) is 23.7 Å². The summed E-state index contributed by atoms with van der Waals surface area (Å²) in [7, 11) is 4.16. The highest BCUT2D eigenvalue weighted by Gasteiger charge is 2.59. The zero-order valence-electron chi connectivity index (χ0n) is 25.6. The number of amides is 2. The smallest absolute Gasteiger partial charge is 0.315 e. The van der Waals surface area contributed by atoms with Crippen LogP contribution in [0, 0.1) is 5.92 Å². The second kappa shape index (κ2) is 12.0. The SMILES string of the molecule is CC(C)c1cnn2c(NC3CC4CCC(C5CN(C/C=C/CN(C)C)C5)(C3)N4C(N)=O)nc(NC3CCOCC3)nc12. The van der Waals surface area contributed by atoms with Crippen molar-refractivity contribution in [2.45, 2.75) is 82.0 Å². The summed E-state index contributed by atoms with van der Waals surface area (Å²) in [4.78, 5) is 29.4. The highest BCUT2D eigenvalue weighted by Crippen LogP contribution is 2.51. The lowest BCUT2D eigenvalue weighted by atomic mass is 9.71. The molecule has 0 aromatic carbocycles. The minimum Gasteiger partial charge on any atom is -0.381 e. The lowest BCUT2D eigenvalue weighted by molar-refractivity contribution is -0.0351. The van der Waals surface area contributed by atoms with Crippen molar-refractivity contribution in [3.05, 3.63) is 23.9 Å². The van der Waals surface area contributed by atoms with Gasteiger partial charge in [-0.15, -0.1) is 0 Å². The standard InChI is InChI=1S/C30H48N10O2/c1-20(2)25-17-32-40-26(25)35-28(33-22-8-13-42-14-9-22)36-29(40)34-23-15-24-7-10-30(16-23,39(24)27(31)41)21-18-38(19-21)12-6-5-11-37(3)4/h5-6,17,20-24H,7-16,18-19H2,1-4H3,(H2,31,41)(H2,33,34,35,36)/b6-5+. The summed E-state index contributed by atoms with van der Waals surface area (Å²) in [6, 6.07) is 0.310. The third-order valence-electron chi connectivity index (χ3n) is 9.77. The number of carbonyl (C=O) groups excluding carboxylic acids is 1. The topological polar surface area (TPSA) is 129 Å². The van der Waals surface area contributed by atoms with Crippen molar-refractivity contribution in [3.63, 3.8) is 0 Å². The molecule has 42 heavy (non-hydrogen) atoms. The number of rotatable bonds is 10. The molecule has 2 amide bonds. The van der Waals surface area contributed by atoms with Crippen LogP contribution in [0.2, 0.25) is 0 Å². The molecule has 0 saturated carbocycles. The highest BCUT2D eigenvalue weighted by molar-refractivity contribution is 5.74. The fourth-order valence-electron chi connectivity index (χ4n) is 7.60. The van der Waals surface area contributed by atoms with Crippen molar-refractivity contribution in [3.8, 4) is 0 Å². The van der Waals surface area contributed by atoms with Gasteiger partial charge in [-0.1, -0.05) is 26.0 Å². The third-order valence-corrected chi connectivity index (χ3v) is 9.77. The van der Waals surface area contributed by atoms with E-state index in [2.05, 4.69) is 60.5 Å². The van der Waals surface area contributed by atoms with Crippen LogP contribution in [0.25, 0.3) is 5.65 Å². The van der Waals surface area contributed by atoms with Crippen LogP contribution in [-0.2, 0) is 4.74 Å². The van der Waals surface area contributed by atoms with E-state index < -0.39 is 0 Å². The highest BCUT2D eigenvalue weighted by atomic mass is 16.5. The van der Waals surface area contributed by atoms with E-state index in [-0.39, 0.29) is 29.7 Å². The average Bonchev–Trinajstić information content (AvgIpc) is 3.45. The van der Waals surface area contributed by atoms with Crippen molar-refractivity contribution in [2.75, 3.05) is 64.1 Å². The van der Waals surface area contributed by atoms with Gasteiger partial charge in [0, 0.05) is 69.0 Å². The molecule has 2 bridgehead atoms. The normalized spacial score (nSPS) is 27.4. The molecule has 6 heterocycles. The number of carbonyl (C=O) groups is 1. The molecular formula is C30H48N10O2. The molecule has 4 N–H and O–H groups in total. The van der Waals surface area contributed by atoms with Crippen LogP contribution < -0.4 is 16.4 Å². The van der Waals surface area contributed by atoms with E-state index in [4.69, 9.17) is 25.5 Å². The Morgan fingerprint density at radius 1 is 1.17 bits per heavy atom. The summed E-state index contributed by atoms with van der Waals surface area (Å²) < 4.78 is 7.40. The first kappa shape index (κ1) is 29.1. The van der Waals surface area contributed by atoms with E-state index >= 15 is 0 Å². The van der Waals surface area contributed by atoms with Crippen LogP contribution >= 0.6 is 0 Å². The summed E-state index contributed by atoms with van der Waals surface area (Å²) in [6.45, 7) is 9.71. The Kier molecular flexibility index (Phi) is 8.30. The van der Waals surface area contributed by atoms with E-state index in [1.54, 1.807) is 0 Å². The minimum absolute atomic E-state index is 0.142. The molecule has 3 unspecified atom stereocenters. The van der Waals surface area contributed by atoms with Crippen LogP contribution in [0.3, 0.4) is 0 Å². The van der Waals surface area contributed by atoms with Gasteiger partial charge in [0.25, 0.3) is 0 Å². The van der Waals surface area contributed by atoms with Crippen LogP contribution in [0.15, 0.2) is 18.3 Å². The molecule has 0 radical (unpaired) electrons. The second-order valence-corrected chi connectivity index (χ2v) is 13.3. The average molecular weight is 581 g/mol. The number of hydrogen-bond donors (Lipinski definition) is 3. The van der Waals surface area contributed by atoms with Crippen molar-refractivity contribution >= 4 is 23.6 Å². The van der Waals surface area contributed by atoms with Gasteiger partial charge in [-0.05, 0) is 58.5 Å². The molecule has 2 aromatic heterocycles. The van der Waals surface area contributed by atoms with Crippen molar-refractivity contribution in [1.82, 2.24) is 34.3 Å². The molecule has 4 saturated heterocycles. The number of anilines is 2. The number of primary amides is 1. The number of aromatic nitrogens is 4. The minimum atomic E-state index is -0.277. The van der Waals surface area contributed by atoms with Crippen LogP contribution in [-0.4, -0.2) is 117 Å². The fourth-order valence-corrected chi connectivity index (χ4v) is 7.60. The molecule has 0 aliphatic carbocycles. The number of likely N-dealkylation sites (N-methyl/N-ethyl adjacent to an activating group) is 1. The monoisotopic (exact) mass is 580 g/mol. The number of fused-ring (bicyclic) bond motifs is 3. The molecule has 4 aliphatic heterocycles. The van der Waals surface area contributed by atoms with Gasteiger partial charge in [0.15, 0.2) is 5.65 Å². The zero-order chi connectivity index (χ0) is 29.4. The zero-order valence-corrected chi connectivity index (χ0v) is 25.6. The number of urea groups is 1. The maximum Gasteiger partial charge on any atom is 0.315 e. The number of likely N-dealkylation sites (tertiary alicyclic amines) is 1. The quantitative estimate of drug-likeness (QED) is 0.363. The Morgan fingerprint density at radius 3 is 2.67 bits per heavy atom. The maximum atomic E-state index is 12.8. The van der Waals surface area contributed by atoms with Crippen LogP contribution in [0.4, 0.5) is 16.7 Å². The molecule has 0 spiro atoms. The molecule has 4 fully saturated rings. The molecular weight excluding hydrogens is 532 g/mol. The van der Waals surface area contributed by atoms with E-state index in [9.17, 15) is 4.79 Å². The van der Waals surface area contributed by atoms with Gasteiger partial charge in [0.05, 0.1) is 11.7 Å². The predicted molar refractivity (Wildman–Crippen MR) is 164 cm³/mol. The molecule has 4 aliphatic rings. The Labute approximate surface area is 249 Å². The summed E-state index contributed by atoms with van der Waals surface area (Å²) in [5, 5.41) is 12.1. The lowest BCUT2D eigenvalue weighted by Gasteiger charge is -2.56. The number of piperidine rings is 1. The molecule has 2 aromatic rings. The Hall–Kier alpha value is -2.96. The summed E-state index contributed by atoms with van der Waals surface area (Å²) >= 11 is 0. The van der Waals surface area contributed by atoms with Gasteiger partial charge in [-0.2, -0.15) is 19.6 Å². The predicted octanol–water partition coefficient (Wildman–Crippen LogP) is 2.74. The molecule has 6 rings (SSSR count). The second-order valence-electron chi connectivity index (χ2n) is 13.3. The molecule has 3 atom stereocenters. The van der Waals surface area contributed by atoms with Gasteiger partial charge in [0.2, 0.25) is 11.9 Å². The summed E-state index contributed by atoms with van der Waals surface area (Å²) in [5.41, 5.74) is 7.76. The number of hydrogen-bond acceptors (Lipinski definition) is 9. The fraction of sp³-hybridized carbons (Fsp3) is 0.733. The van der Waals surface area contributed by atoms with Gasteiger partial charge in [-0.3, -0.25) is 4.90 Å². The number of ether oxygens (including phenoxy) is 1. The molecule has 12 nitrogen and oxygen atoms in total. The van der Waals surface area contributed by atoms with Crippen molar-refractivity contribution in [2.24, 2.45) is 11.7 Å². The number of nitrogens with one attached hydrogen (secondary N) is 2. The first-order valence-electron chi connectivity index (χ1n) is 15.7. The van der Waals surface area contributed by atoms with E-state index in [1.165, 1.54) is 0 Å². The van der Waals surface area contributed by atoms with Crippen LogP contribution in [0.1, 0.15) is 63.9 Å².